The maximum atomic E-state index is 13.5. The van der Waals surface area contributed by atoms with Crippen LogP contribution in [-0.4, -0.2) is 43.3 Å². The number of methoxy groups -OCH3 is 1. The Bertz CT molecular complexity index is 1400. The van der Waals surface area contributed by atoms with Gasteiger partial charge in [0.25, 0.3) is 5.91 Å². The Morgan fingerprint density at radius 2 is 2.00 bits per heavy atom. The predicted octanol–water partition coefficient (Wildman–Crippen LogP) is 4.60. The van der Waals surface area contributed by atoms with Gasteiger partial charge in [0.05, 0.1) is 13.2 Å². The molecule has 5 rings (SSSR count). The molecule has 1 amide bonds. The highest BCUT2D eigenvalue weighted by Gasteiger charge is 2.42. The molecule has 0 radical (unpaired) electrons. The summed E-state index contributed by atoms with van der Waals surface area (Å²) in [5.41, 5.74) is 4.07. The van der Waals surface area contributed by atoms with E-state index in [0.717, 1.165) is 11.1 Å². The van der Waals surface area contributed by atoms with E-state index in [9.17, 15) is 15.0 Å². The summed E-state index contributed by atoms with van der Waals surface area (Å²) in [7, 11) is 1.47. The number of nitrogens with one attached hydrogen (secondary N) is 1. The number of aryl methyl sites for hydroxylation is 1. The molecule has 0 spiro atoms. The van der Waals surface area contributed by atoms with Crippen LogP contribution in [0.5, 0.6) is 17.2 Å². The molecule has 1 unspecified atom stereocenters. The molecule has 0 saturated carbocycles. The topological polar surface area (TPSA) is 112 Å². The molecule has 0 bridgehead atoms. The van der Waals surface area contributed by atoms with Crippen LogP contribution in [0.4, 0.5) is 0 Å². The van der Waals surface area contributed by atoms with Crippen LogP contribution in [0.3, 0.4) is 0 Å². The number of rotatable bonds is 5. The molecule has 1 aliphatic heterocycles. The van der Waals surface area contributed by atoms with Gasteiger partial charge in [0, 0.05) is 35.1 Å². The summed E-state index contributed by atoms with van der Waals surface area (Å²) >= 11 is 6.35. The maximum Gasteiger partial charge on any atom is 0.273 e. The fraction of sp³-hybridized carbons (Fsp3) is 0.160. The van der Waals surface area contributed by atoms with Gasteiger partial charge in [0.1, 0.15) is 17.1 Å². The van der Waals surface area contributed by atoms with E-state index in [1.807, 2.05) is 12.1 Å². The molecular formula is C25H21ClN4O4. The fourth-order valence-electron chi connectivity index (χ4n) is 4.32. The van der Waals surface area contributed by atoms with Crippen LogP contribution >= 0.6 is 11.6 Å². The first-order valence-electron chi connectivity index (χ1n) is 10.5. The number of ether oxygens (including phenoxy) is 1. The number of hydrogen-bond donors (Lipinski definition) is 3. The second-order valence-corrected chi connectivity index (χ2v) is 8.51. The van der Waals surface area contributed by atoms with E-state index >= 15 is 0 Å². The van der Waals surface area contributed by atoms with Crippen LogP contribution in [0.25, 0.3) is 11.3 Å². The molecule has 9 heteroatoms. The standard InChI is InChI=1S/C25H21ClN4O4/c1-13-8-19(32)16(10-17(13)26)22-21-23(29-28-22)25(33)30(12-14-4-3-7-27-11-14)24(21)15-5-6-18(31)20(9-15)34-2/h3-11,24,31-32H,12H2,1-2H3,(H,28,29). The molecular weight excluding hydrogens is 456 g/mol. The monoisotopic (exact) mass is 476 g/mol. The number of phenolic OH excluding ortho intramolecular Hbond substituents is 2. The number of benzene rings is 2. The lowest BCUT2D eigenvalue weighted by atomic mass is 9.95. The minimum Gasteiger partial charge on any atom is -0.507 e. The second kappa shape index (κ2) is 8.39. The number of aromatic hydroxyl groups is 2. The summed E-state index contributed by atoms with van der Waals surface area (Å²) in [6.07, 6.45) is 3.38. The van der Waals surface area contributed by atoms with Crippen molar-refractivity contribution in [2.24, 2.45) is 0 Å². The molecule has 1 aliphatic rings. The molecule has 4 aromatic rings. The van der Waals surface area contributed by atoms with E-state index in [1.54, 1.807) is 48.5 Å². The number of carbonyl (C=O) groups excluding carboxylic acids is 1. The van der Waals surface area contributed by atoms with Gasteiger partial charge < -0.3 is 19.8 Å². The zero-order valence-corrected chi connectivity index (χ0v) is 19.2. The van der Waals surface area contributed by atoms with Gasteiger partial charge in [-0.1, -0.05) is 23.7 Å². The van der Waals surface area contributed by atoms with Gasteiger partial charge in [0.15, 0.2) is 11.5 Å². The molecule has 2 aromatic heterocycles. The zero-order chi connectivity index (χ0) is 24.0. The van der Waals surface area contributed by atoms with E-state index in [-0.39, 0.29) is 23.2 Å². The first kappa shape index (κ1) is 21.8. The normalized spacial score (nSPS) is 15.0. The average molecular weight is 477 g/mol. The number of amides is 1. The lowest BCUT2D eigenvalue weighted by Gasteiger charge is -2.27. The molecule has 34 heavy (non-hydrogen) atoms. The van der Waals surface area contributed by atoms with Gasteiger partial charge in [-0.3, -0.25) is 14.9 Å². The number of H-pyrrole nitrogens is 1. The van der Waals surface area contributed by atoms with E-state index < -0.39 is 6.04 Å². The van der Waals surface area contributed by atoms with Crippen LogP contribution in [0.15, 0.2) is 54.9 Å². The van der Waals surface area contributed by atoms with Crippen molar-refractivity contribution in [3.05, 3.63) is 87.8 Å². The van der Waals surface area contributed by atoms with E-state index in [0.29, 0.717) is 39.6 Å². The number of aromatic amines is 1. The molecule has 8 nitrogen and oxygen atoms in total. The smallest absolute Gasteiger partial charge is 0.273 e. The maximum absolute atomic E-state index is 13.5. The third-order valence-corrected chi connectivity index (χ3v) is 6.40. The lowest BCUT2D eigenvalue weighted by Crippen LogP contribution is -2.29. The van der Waals surface area contributed by atoms with Crippen LogP contribution < -0.4 is 4.74 Å². The van der Waals surface area contributed by atoms with Crippen LogP contribution in [0.1, 0.15) is 38.8 Å². The van der Waals surface area contributed by atoms with Crippen LogP contribution in [-0.2, 0) is 6.54 Å². The highest BCUT2D eigenvalue weighted by atomic mass is 35.5. The second-order valence-electron chi connectivity index (χ2n) is 8.11. The van der Waals surface area contributed by atoms with Gasteiger partial charge >= 0.3 is 0 Å². The summed E-state index contributed by atoms with van der Waals surface area (Å²) in [6, 6.07) is 11.3. The van der Waals surface area contributed by atoms with E-state index in [4.69, 9.17) is 16.3 Å². The average Bonchev–Trinajstić information content (AvgIpc) is 3.37. The van der Waals surface area contributed by atoms with Crippen molar-refractivity contribution in [1.82, 2.24) is 20.1 Å². The first-order valence-corrected chi connectivity index (χ1v) is 10.9. The van der Waals surface area contributed by atoms with Crippen molar-refractivity contribution in [2.45, 2.75) is 19.5 Å². The molecule has 3 N–H and O–H groups in total. The quantitative estimate of drug-likeness (QED) is 0.388. The molecule has 2 aromatic carbocycles. The third-order valence-electron chi connectivity index (χ3n) is 5.99. The Balaban J connectivity index is 1.70. The number of carbonyl (C=O) groups is 1. The Hall–Kier alpha value is -4.04. The highest BCUT2D eigenvalue weighted by Crippen LogP contribution is 2.47. The number of hydrogen-bond acceptors (Lipinski definition) is 6. The fourth-order valence-corrected chi connectivity index (χ4v) is 4.48. The van der Waals surface area contributed by atoms with E-state index in [1.165, 1.54) is 13.2 Å². The summed E-state index contributed by atoms with van der Waals surface area (Å²) in [6.45, 7) is 2.09. The molecule has 172 valence electrons. The lowest BCUT2D eigenvalue weighted by molar-refractivity contribution is 0.0729. The third kappa shape index (κ3) is 3.52. The Labute approximate surface area is 200 Å². The number of halogens is 1. The molecule has 3 heterocycles. The predicted molar refractivity (Wildman–Crippen MR) is 126 cm³/mol. The number of aromatic nitrogens is 3. The van der Waals surface area contributed by atoms with Crippen LogP contribution in [0.2, 0.25) is 5.02 Å². The summed E-state index contributed by atoms with van der Waals surface area (Å²) in [5, 5.41) is 28.5. The summed E-state index contributed by atoms with van der Waals surface area (Å²) in [4.78, 5) is 19.4. The van der Waals surface area contributed by atoms with Gasteiger partial charge in [-0.05, 0) is 53.9 Å². The Morgan fingerprint density at radius 3 is 2.74 bits per heavy atom. The minimum absolute atomic E-state index is 0.00927. The zero-order valence-electron chi connectivity index (χ0n) is 18.4. The number of fused-ring (bicyclic) bond motifs is 1. The van der Waals surface area contributed by atoms with Gasteiger partial charge in [-0.25, -0.2) is 0 Å². The molecule has 0 aliphatic carbocycles. The molecule has 1 atom stereocenters. The van der Waals surface area contributed by atoms with Gasteiger partial charge in [0.2, 0.25) is 0 Å². The van der Waals surface area contributed by atoms with Crippen LogP contribution in [0, 0.1) is 6.92 Å². The first-order chi connectivity index (χ1) is 16.4. The summed E-state index contributed by atoms with van der Waals surface area (Å²) < 4.78 is 5.31. The largest absolute Gasteiger partial charge is 0.507 e. The van der Waals surface area contributed by atoms with Gasteiger partial charge in [-0.2, -0.15) is 5.10 Å². The van der Waals surface area contributed by atoms with Crippen molar-refractivity contribution in [3.63, 3.8) is 0 Å². The van der Waals surface area contributed by atoms with E-state index in [2.05, 4.69) is 15.2 Å². The minimum atomic E-state index is -0.564. The number of phenols is 2. The van der Waals surface area contributed by atoms with Crippen molar-refractivity contribution in [1.29, 1.82) is 0 Å². The highest BCUT2D eigenvalue weighted by molar-refractivity contribution is 6.31. The van der Waals surface area contributed by atoms with Crippen molar-refractivity contribution in [3.8, 4) is 28.5 Å². The molecule has 0 saturated heterocycles. The van der Waals surface area contributed by atoms with Crippen molar-refractivity contribution in [2.75, 3.05) is 7.11 Å². The Kier molecular flexibility index (Phi) is 5.37. The molecule has 0 fully saturated rings. The SMILES string of the molecule is COc1cc(C2c3c(-c4cc(Cl)c(C)cc4O)n[nH]c3C(=O)N2Cc2cccnc2)ccc1O. The van der Waals surface area contributed by atoms with Crippen molar-refractivity contribution < 1.29 is 19.7 Å². The summed E-state index contributed by atoms with van der Waals surface area (Å²) in [5.74, 6) is 0.0414. The number of nitrogens with zero attached hydrogens (tertiary/aromatic N) is 3. The van der Waals surface area contributed by atoms with Crippen molar-refractivity contribution >= 4 is 17.5 Å². The number of pyridine rings is 1. The van der Waals surface area contributed by atoms with Gasteiger partial charge in [-0.15, -0.1) is 0 Å². The Morgan fingerprint density at radius 1 is 1.18 bits per heavy atom.